The number of aliphatic hydroxyl groups is 1. The van der Waals surface area contributed by atoms with Gasteiger partial charge >= 0.3 is 6.16 Å². The van der Waals surface area contributed by atoms with Gasteiger partial charge in [-0.05, 0) is 61.9 Å². The molecule has 0 unspecified atom stereocenters. The fourth-order valence-electron chi connectivity index (χ4n) is 7.54. The lowest BCUT2D eigenvalue weighted by Crippen LogP contribution is -2.62. The molecule has 4 aliphatic carbocycles. The second-order valence-corrected chi connectivity index (χ2v) is 10.5. The molecule has 0 radical (unpaired) electrons. The second kappa shape index (κ2) is 8.08. The molecule has 0 aromatic rings. The summed E-state index contributed by atoms with van der Waals surface area (Å²) >= 11 is 0. The molecular weight excluding hydrogens is 412 g/mol. The van der Waals surface area contributed by atoms with Crippen LogP contribution in [0.1, 0.15) is 72.1 Å². The van der Waals surface area contributed by atoms with Crippen molar-refractivity contribution in [1.82, 2.24) is 0 Å². The molecule has 3 saturated carbocycles. The predicted octanol–water partition coefficient (Wildman–Crippen LogP) is 3.56. The average Bonchev–Trinajstić information content (AvgIpc) is 3.04. The Balaban J connectivity index is 1.71. The van der Waals surface area contributed by atoms with Crippen molar-refractivity contribution in [1.29, 1.82) is 0 Å². The van der Waals surface area contributed by atoms with Crippen LogP contribution in [0.4, 0.5) is 4.79 Å². The molecule has 0 amide bonds. The number of carbonyl (C=O) groups excluding carboxylic acids is 4. The molecule has 0 spiro atoms. The van der Waals surface area contributed by atoms with Crippen molar-refractivity contribution < 1.29 is 33.8 Å². The van der Waals surface area contributed by atoms with E-state index >= 15 is 0 Å². The average molecular weight is 447 g/mol. The standard InChI is InChI=1S/C25H34O7/c1-4-11-31-22(30)32-25(20(29)14-26)10-8-18-17-6-5-15-12-16(27)7-9-23(15,2)21(17)19(28)13-24(18,25)3/h12,17-18,21,26H,4-11,13-14H2,1-3H3/t17-,18-,21+,23-,24-,25-/m0/s1. The first kappa shape index (κ1) is 23.1. The van der Waals surface area contributed by atoms with Gasteiger partial charge in [-0.25, -0.2) is 4.79 Å². The monoisotopic (exact) mass is 446 g/mol. The van der Waals surface area contributed by atoms with Crippen LogP contribution in [0.2, 0.25) is 0 Å². The van der Waals surface area contributed by atoms with Gasteiger partial charge in [-0.3, -0.25) is 14.4 Å². The molecule has 0 bridgehead atoms. The summed E-state index contributed by atoms with van der Waals surface area (Å²) in [6.45, 7) is 5.27. The molecule has 0 aromatic carbocycles. The van der Waals surface area contributed by atoms with Crippen LogP contribution < -0.4 is 0 Å². The molecule has 0 saturated heterocycles. The summed E-state index contributed by atoms with van der Waals surface area (Å²) in [5.41, 5.74) is -1.69. The Kier molecular flexibility index (Phi) is 5.85. The summed E-state index contributed by atoms with van der Waals surface area (Å²) in [5.74, 6) is -0.486. The molecule has 0 aliphatic heterocycles. The number of fused-ring (bicyclic) bond motifs is 5. The number of ether oxygens (including phenoxy) is 2. The van der Waals surface area contributed by atoms with E-state index in [2.05, 4.69) is 6.92 Å². The van der Waals surface area contributed by atoms with E-state index in [1.165, 1.54) is 0 Å². The lowest BCUT2D eigenvalue weighted by atomic mass is 9.46. The van der Waals surface area contributed by atoms with Gasteiger partial charge in [-0.1, -0.05) is 26.3 Å². The molecule has 7 nitrogen and oxygen atoms in total. The highest BCUT2D eigenvalue weighted by Gasteiger charge is 2.70. The lowest BCUT2D eigenvalue weighted by Gasteiger charge is -2.57. The van der Waals surface area contributed by atoms with Crippen molar-refractivity contribution in [2.75, 3.05) is 13.2 Å². The van der Waals surface area contributed by atoms with Crippen molar-refractivity contribution in [3.63, 3.8) is 0 Å². The normalized spacial score (nSPS) is 40.6. The number of hydrogen-bond acceptors (Lipinski definition) is 7. The molecule has 1 N–H and O–H groups in total. The summed E-state index contributed by atoms with van der Waals surface area (Å²) in [5, 5.41) is 9.77. The molecule has 32 heavy (non-hydrogen) atoms. The van der Waals surface area contributed by atoms with Gasteiger partial charge in [0, 0.05) is 24.2 Å². The molecular formula is C25H34O7. The molecule has 3 fully saturated rings. The zero-order chi connectivity index (χ0) is 23.3. The van der Waals surface area contributed by atoms with E-state index in [0.29, 0.717) is 25.7 Å². The van der Waals surface area contributed by atoms with E-state index < -0.39 is 29.6 Å². The van der Waals surface area contributed by atoms with Gasteiger partial charge < -0.3 is 14.6 Å². The smallest absolute Gasteiger partial charge is 0.434 e. The minimum Gasteiger partial charge on any atom is -0.434 e. The summed E-state index contributed by atoms with van der Waals surface area (Å²) in [4.78, 5) is 51.2. The largest absolute Gasteiger partial charge is 0.509 e. The molecule has 4 rings (SSSR count). The topological polar surface area (TPSA) is 107 Å². The van der Waals surface area contributed by atoms with Crippen molar-refractivity contribution in [2.45, 2.75) is 77.7 Å². The fourth-order valence-corrected chi connectivity index (χ4v) is 7.54. The number of allylic oxidation sites excluding steroid dienone is 1. The first-order valence-electron chi connectivity index (χ1n) is 11.9. The Morgan fingerprint density at radius 1 is 1.16 bits per heavy atom. The van der Waals surface area contributed by atoms with Crippen LogP contribution in [0.25, 0.3) is 0 Å². The van der Waals surface area contributed by atoms with E-state index in [1.807, 2.05) is 13.8 Å². The van der Waals surface area contributed by atoms with Crippen LogP contribution >= 0.6 is 0 Å². The SMILES string of the molecule is CCCOC(=O)O[C@]1(C(=O)CO)CC[C@H]2[C@@H]3CCC4=CC(=O)CC[C@]4(C)[C@H]3C(=O)C[C@@]21C. The Morgan fingerprint density at radius 3 is 2.59 bits per heavy atom. The quantitative estimate of drug-likeness (QED) is 0.644. The fraction of sp³-hybridized carbons (Fsp3) is 0.760. The Labute approximate surface area is 188 Å². The third-order valence-electron chi connectivity index (χ3n) is 9.05. The van der Waals surface area contributed by atoms with Gasteiger partial charge in [0.2, 0.25) is 5.78 Å². The Hall–Kier alpha value is -2.02. The number of hydrogen-bond donors (Lipinski definition) is 1. The highest BCUT2D eigenvalue weighted by molar-refractivity contribution is 5.95. The number of ketones is 3. The first-order valence-corrected chi connectivity index (χ1v) is 11.9. The number of rotatable bonds is 5. The van der Waals surface area contributed by atoms with Crippen molar-refractivity contribution in [2.24, 2.45) is 28.6 Å². The van der Waals surface area contributed by atoms with Crippen LogP contribution in [-0.4, -0.2) is 47.4 Å². The summed E-state index contributed by atoms with van der Waals surface area (Å²) < 4.78 is 10.8. The van der Waals surface area contributed by atoms with E-state index in [0.717, 1.165) is 18.4 Å². The van der Waals surface area contributed by atoms with Crippen LogP contribution in [0.5, 0.6) is 0 Å². The van der Waals surface area contributed by atoms with Crippen molar-refractivity contribution in [3.05, 3.63) is 11.6 Å². The molecule has 0 aromatic heterocycles. The molecule has 6 atom stereocenters. The lowest BCUT2D eigenvalue weighted by molar-refractivity contribution is -0.174. The minimum absolute atomic E-state index is 0.00989. The maximum absolute atomic E-state index is 13.7. The van der Waals surface area contributed by atoms with Crippen LogP contribution in [-0.2, 0) is 23.9 Å². The number of aliphatic hydroxyl groups excluding tert-OH is 1. The van der Waals surface area contributed by atoms with Crippen LogP contribution in [0.15, 0.2) is 11.6 Å². The van der Waals surface area contributed by atoms with Crippen LogP contribution in [0, 0.1) is 28.6 Å². The van der Waals surface area contributed by atoms with E-state index in [9.17, 15) is 24.3 Å². The first-order chi connectivity index (χ1) is 15.1. The zero-order valence-electron chi connectivity index (χ0n) is 19.3. The van der Waals surface area contributed by atoms with Crippen LogP contribution in [0.3, 0.4) is 0 Å². The van der Waals surface area contributed by atoms with Crippen molar-refractivity contribution in [3.8, 4) is 0 Å². The number of Topliss-reactive ketones (excluding diaryl/α,β-unsaturated/α-hetero) is 2. The zero-order valence-corrected chi connectivity index (χ0v) is 19.3. The Morgan fingerprint density at radius 2 is 1.91 bits per heavy atom. The number of carbonyl (C=O) groups is 4. The van der Waals surface area contributed by atoms with E-state index in [-0.39, 0.29) is 54.2 Å². The molecule has 7 heteroatoms. The van der Waals surface area contributed by atoms with Gasteiger partial charge in [0.05, 0.1) is 6.61 Å². The van der Waals surface area contributed by atoms with E-state index in [1.54, 1.807) is 6.08 Å². The van der Waals surface area contributed by atoms with Gasteiger partial charge in [-0.2, -0.15) is 0 Å². The summed E-state index contributed by atoms with van der Waals surface area (Å²) in [6, 6.07) is 0. The molecule has 176 valence electrons. The van der Waals surface area contributed by atoms with Gasteiger partial charge in [0.15, 0.2) is 11.4 Å². The third kappa shape index (κ3) is 3.18. The summed E-state index contributed by atoms with van der Waals surface area (Å²) in [6.07, 6.45) is 5.16. The van der Waals surface area contributed by atoms with E-state index in [4.69, 9.17) is 9.47 Å². The van der Waals surface area contributed by atoms with Gasteiger partial charge in [-0.15, -0.1) is 0 Å². The molecule has 0 heterocycles. The minimum atomic E-state index is -1.56. The third-order valence-corrected chi connectivity index (χ3v) is 9.05. The highest BCUT2D eigenvalue weighted by Crippen LogP contribution is 2.67. The maximum Gasteiger partial charge on any atom is 0.509 e. The van der Waals surface area contributed by atoms with Gasteiger partial charge in [0.25, 0.3) is 0 Å². The Bertz CT molecular complexity index is 876. The predicted molar refractivity (Wildman–Crippen MR) is 115 cm³/mol. The summed E-state index contributed by atoms with van der Waals surface area (Å²) in [7, 11) is 0. The maximum atomic E-state index is 13.7. The van der Waals surface area contributed by atoms with Crippen molar-refractivity contribution >= 4 is 23.5 Å². The molecule has 4 aliphatic rings. The second-order valence-electron chi connectivity index (χ2n) is 10.5. The van der Waals surface area contributed by atoms with Gasteiger partial charge in [0.1, 0.15) is 12.4 Å². The highest BCUT2D eigenvalue weighted by atomic mass is 16.7.